The number of rotatable bonds is 11. The summed E-state index contributed by atoms with van der Waals surface area (Å²) in [5, 5.41) is 9.49. The summed E-state index contributed by atoms with van der Waals surface area (Å²) in [5.74, 6) is -0.488. The Kier molecular flexibility index (Phi) is 8.73. The van der Waals surface area contributed by atoms with Crippen molar-refractivity contribution in [3.8, 4) is 16.9 Å². The number of aromatic nitrogens is 4. The van der Waals surface area contributed by atoms with Crippen molar-refractivity contribution in [2.75, 3.05) is 19.6 Å². The van der Waals surface area contributed by atoms with Gasteiger partial charge in [0.05, 0.1) is 23.4 Å². The van der Waals surface area contributed by atoms with E-state index >= 15 is 0 Å². The van der Waals surface area contributed by atoms with Crippen LogP contribution in [0.3, 0.4) is 0 Å². The number of nitrogens with zero attached hydrogens (tertiary/aromatic N) is 5. The van der Waals surface area contributed by atoms with E-state index in [9.17, 15) is 14.0 Å². The molecule has 0 fully saturated rings. The summed E-state index contributed by atoms with van der Waals surface area (Å²) in [7, 11) is 0. The average molecular weight is 539 g/mol. The lowest BCUT2D eigenvalue weighted by Gasteiger charge is -2.19. The Morgan fingerprint density at radius 2 is 1.97 bits per heavy atom. The molecule has 1 aromatic carbocycles. The Morgan fingerprint density at radius 1 is 1.21 bits per heavy atom. The molecule has 0 radical (unpaired) electrons. The first-order chi connectivity index (χ1) is 18.2. The SMILES string of the molecule is CCN(CC)CCC[C@@H](C)NC(=O)Cc1csc2nc(C)c(-c3cc(C)n(-c4cccc(F)c4)n3)c(=O)n12. The van der Waals surface area contributed by atoms with Crippen LogP contribution in [0, 0.1) is 19.7 Å². The van der Waals surface area contributed by atoms with Crippen molar-refractivity contribution in [1.29, 1.82) is 0 Å². The van der Waals surface area contributed by atoms with Crippen molar-refractivity contribution >= 4 is 22.2 Å². The van der Waals surface area contributed by atoms with Gasteiger partial charge in [-0.3, -0.25) is 14.0 Å². The second-order valence-corrected chi connectivity index (χ2v) is 10.4. The maximum atomic E-state index is 13.8. The predicted octanol–water partition coefficient (Wildman–Crippen LogP) is 4.53. The van der Waals surface area contributed by atoms with Gasteiger partial charge in [0.1, 0.15) is 11.5 Å². The number of hydrogen-bond donors (Lipinski definition) is 1. The highest BCUT2D eigenvalue weighted by Gasteiger charge is 2.20. The molecule has 3 heterocycles. The van der Waals surface area contributed by atoms with Gasteiger partial charge in [-0.15, -0.1) is 11.3 Å². The molecule has 0 saturated heterocycles. The zero-order valence-electron chi connectivity index (χ0n) is 22.6. The number of hydrogen-bond acceptors (Lipinski definition) is 6. The van der Waals surface area contributed by atoms with E-state index in [-0.39, 0.29) is 29.7 Å². The smallest absolute Gasteiger partial charge is 0.268 e. The van der Waals surface area contributed by atoms with Crippen LogP contribution in [-0.2, 0) is 11.2 Å². The lowest BCUT2D eigenvalue weighted by molar-refractivity contribution is -0.121. The van der Waals surface area contributed by atoms with E-state index in [0.29, 0.717) is 33.3 Å². The maximum absolute atomic E-state index is 13.8. The first kappa shape index (κ1) is 27.7. The van der Waals surface area contributed by atoms with Crippen LogP contribution in [0.4, 0.5) is 4.39 Å². The van der Waals surface area contributed by atoms with Crippen molar-refractivity contribution in [3.05, 3.63) is 69.0 Å². The summed E-state index contributed by atoms with van der Waals surface area (Å²) >= 11 is 1.33. The first-order valence-corrected chi connectivity index (χ1v) is 13.9. The number of nitrogens with one attached hydrogen (secondary N) is 1. The van der Waals surface area contributed by atoms with Gasteiger partial charge in [0.2, 0.25) is 5.91 Å². The quantitative estimate of drug-likeness (QED) is 0.303. The zero-order valence-corrected chi connectivity index (χ0v) is 23.4. The summed E-state index contributed by atoms with van der Waals surface area (Å²) in [5.41, 5.74) is 3.03. The van der Waals surface area contributed by atoms with Gasteiger partial charge in [-0.25, -0.2) is 14.1 Å². The number of amides is 1. The van der Waals surface area contributed by atoms with Crippen molar-refractivity contribution in [2.45, 2.75) is 59.9 Å². The second kappa shape index (κ2) is 12.0. The molecule has 4 aromatic rings. The van der Waals surface area contributed by atoms with Gasteiger partial charge >= 0.3 is 0 Å². The van der Waals surface area contributed by atoms with Gasteiger partial charge in [0.25, 0.3) is 5.56 Å². The standard InChI is InChI=1S/C28H35FN6O2S/c1-6-33(7-2)13-9-10-18(3)30-25(36)16-23-17-38-28-31-20(5)26(27(37)34(23)28)24-14-19(4)35(32-24)22-12-8-11-21(29)15-22/h8,11-12,14-15,17-18H,6-7,9-10,13,16H2,1-5H3,(H,30,36)/t18-/m1/s1. The lowest BCUT2D eigenvalue weighted by Crippen LogP contribution is -2.35. The number of halogens is 1. The molecule has 0 aliphatic rings. The fourth-order valence-corrected chi connectivity index (χ4v) is 5.64. The monoisotopic (exact) mass is 538 g/mol. The zero-order chi connectivity index (χ0) is 27.4. The third-order valence-electron chi connectivity index (χ3n) is 6.77. The van der Waals surface area contributed by atoms with Crippen LogP contribution in [0.2, 0.25) is 0 Å². The lowest BCUT2D eigenvalue weighted by atomic mass is 10.1. The topological polar surface area (TPSA) is 84.5 Å². The highest BCUT2D eigenvalue weighted by molar-refractivity contribution is 7.15. The fraction of sp³-hybridized carbons (Fsp3) is 0.429. The fourth-order valence-electron chi connectivity index (χ4n) is 4.71. The third-order valence-corrected chi connectivity index (χ3v) is 7.65. The van der Waals surface area contributed by atoms with E-state index < -0.39 is 0 Å². The van der Waals surface area contributed by atoms with Crippen LogP contribution < -0.4 is 10.9 Å². The normalized spacial score (nSPS) is 12.4. The van der Waals surface area contributed by atoms with Crippen molar-refractivity contribution in [1.82, 2.24) is 29.4 Å². The number of carbonyl (C=O) groups excluding carboxylic acids is 1. The Balaban J connectivity index is 1.55. The molecule has 38 heavy (non-hydrogen) atoms. The Labute approximate surface area is 226 Å². The van der Waals surface area contributed by atoms with E-state index in [0.717, 1.165) is 38.2 Å². The number of aryl methyl sites for hydroxylation is 2. The van der Waals surface area contributed by atoms with Gasteiger partial charge in [-0.05, 0) is 77.5 Å². The molecule has 1 atom stereocenters. The summed E-state index contributed by atoms with van der Waals surface area (Å²) in [6, 6.07) is 7.98. The number of fused-ring (bicyclic) bond motifs is 1. The summed E-state index contributed by atoms with van der Waals surface area (Å²) in [6.07, 6.45) is 1.99. The number of benzene rings is 1. The molecule has 1 amide bonds. The maximum Gasteiger partial charge on any atom is 0.268 e. The van der Waals surface area contributed by atoms with E-state index in [2.05, 4.69) is 34.1 Å². The molecular weight excluding hydrogens is 503 g/mol. The van der Waals surface area contributed by atoms with Crippen molar-refractivity contribution in [2.24, 2.45) is 0 Å². The minimum absolute atomic E-state index is 0.0466. The van der Waals surface area contributed by atoms with Crippen molar-refractivity contribution < 1.29 is 9.18 Å². The molecule has 0 saturated carbocycles. The molecule has 3 aromatic heterocycles. The molecule has 0 bridgehead atoms. The summed E-state index contributed by atoms with van der Waals surface area (Å²) < 4.78 is 16.9. The van der Waals surface area contributed by atoms with Crippen LogP contribution in [-0.4, -0.2) is 55.6 Å². The van der Waals surface area contributed by atoms with Crippen LogP contribution in [0.1, 0.15) is 50.7 Å². The molecule has 202 valence electrons. The highest BCUT2D eigenvalue weighted by atomic mass is 32.1. The van der Waals surface area contributed by atoms with E-state index in [1.165, 1.54) is 27.9 Å². The summed E-state index contributed by atoms with van der Waals surface area (Å²) in [4.78, 5) is 34.1. The molecule has 10 heteroatoms. The van der Waals surface area contributed by atoms with E-state index in [1.54, 1.807) is 29.8 Å². The van der Waals surface area contributed by atoms with Crippen LogP contribution >= 0.6 is 11.3 Å². The van der Waals surface area contributed by atoms with E-state index in [4.69, 9.17) is 0 Å². The summed E-state index contributed by atoms with van der Waals surface area (Å²) in [6.45, 7) is 13.0. The third kappa shape index (κ3) is 6.02. The minimum atomic E-state index is -0.363. The van der Waals surface area contributed by atoms with Crippen LogP contribution in [0.5, 0.6) is 0 Å². The molecular formula is C28H35FN6O2S. The Hall–Kier alpha value is -3.37. The Morgan fingerprint density at radius 3 is 2.68 bits per heavy atom. The van der Waals surface area contributed by atoms with Crippen molar-refractivity contribution in [3.63, 3.8) is 0 Å². The molecule has 0 spiro atoms. The molecule has 8 nitrogen and oxygen atoms in total. The second-order valence-electron chi connectivity index (χ2n) is 9.60. The average Bonchev–Trinajstić information content (AvgIpc) is 3.44. The van der Waals surface area contributed by atoms with Gasteiger partial charge in [-0.1, -0.05) is 19.9 Å². The van der Waals surface area contributed by atoms with E-state index in [1.807, 2.05) is 19.2 Å². The molecule has 0 aliphatic carbocycles. The molecule has 1 N–H and O–H groups in total. The molecule has 0 aliphatic heterocycles. The van der Waals surface area contributed by atoms with Gasteiger partial charge in [-0.2, -0.15) is 5.10 Å². The first-order valence-electron chi connectivity index (χ1n) is 13.1. The van der Waals surface area contributed by atoms with Gasteiger partial charge in [0.15, 0.2) is 4.96 Å². The van der Waals surface area contributed by atoms with Gasteiger partial charge < -0.3 is 10.2 Å². The predicted molar refractivity (Wildman–Crippen MR) is 150 cm³/mol. The highest BCUT2D eigenvalue weighted by Crippen LogP contribution is 2.24. The Bertz CT molecular complexity index is 1490. The largest absolute Gasteiger partial charge is 0.353 e. The molecule has 0 unspecified atom stereocenters. The molecule has 4 rings (SSSR count). The van der Waals surface area contributed by atoms with Crippen LogP contribution in [0.25, 0.3) is 21.9 Å². The number of carbonyl (C=O) groups is 1. The van der Waals surface area contributed by atoms with Crippen LogP contribution in [0.15, 0.2) is 40.5 Å². The van der Waals surface area contributed by atoms with Gasteiger partial charge in [0, 0.05) is 22.8 Å². The number of thiazole rings is 1. The minimum Gasteiger partial charge on any atom is -0.353 e.